The molecule has 0 unspecified atom stereocenters. The Kier molecular flexibility index (Phi) is 5.03. The van der Waals surface area contributed by atoms with Crippen LogP contribution in [0.4, 0.5) is 0 Å². The van der Waals surface area contributed by atoms with Crippen LogP contribution >= 0.6 is 22.7 Å². The second-order valence-electron chi connectivity index (χ2n) is 3.93. The van der Waals surface area contributed by atoms with Crippen molar-refractivity contribution < 1.29 is 15.0 Å². The van der Waals surface area contributed by atoms with E-state index in [0.717, 1.165) is 9.88 Å². The Bertz CT molecular complexity index is 521. The van der Waals surface area contributed by atoms with Crippen molar-refractivity contribution in [2.24, 2.45) is 0 Å². The molecule has 0 saturated carbocycles. The van der Waals surface area contributed by atoms with E-state index in [1.165, 1.54) is 11.3 Å². The van der Waals surface area contributed by atoms with Gasteiger partial charge in [0.1, 0.15) is 5.01 Å². The van der Waals surface area contributed by atoms with Crippen LogP contribution in [0.25, 0.3) is 9.88 Å². The summed E-state index contributed by atoms with van der Waals surface area (Å²) in [5, 5.41) is 25.0. The number of amides is 1. The molecular formula is C12H14N2O3S2. The van der Waals surface area contributed by atoms with E-state index in [4.69, 9.17) is 10.2 Å². The number of nitrogens with one attached hydrogen (secondary N) is 1. The molecule has 0 fully saturated rings. The zero-order valence-electron chi connectivity index (χ0n) is 10.1. The number of carbonyl (C=O) groups excluding carboxylic acids is 1. The van der Waals surface area contributed by atoms with E-state index in [2.05, 4.69) is 10.3 Å². The molecule has 0 aromatic carbocycles. The van der Waals surface area contributed by atoms with Crippen LogP contribution in [0.1, 0.15) is 5.69 Å². The van der Waals surface area contributed by atoms with Crippen molar-refractivity contribution in [2.45, 2.75) is 12.5 Å². The summed E-state index contributed by atoms with van der Waals surface area (Å²) in [5.41, 5.74) is 0.695. The van der Waals surface area contributed by atoms with Crippen molar-refractivity contribution >= 4 is 28.6 Å². The van der Waals surface area contributed by atoms with Crippen molar-refractivity contribution in [3.8, 4) is 9.88 Å². The summed E-state index contributed by atoms with van der Waals surface area (Å²) >= 11 is 3.11. The predicted molar refractivity (Wildman–Crippen MR) is 75.2 cm³/mol. The summed E-state index contributed by atoms with van der Waals surface area (Å²) < 4.78 is 0. The molecule has 5 nitrogen and oxygen atoms in total. The fourth-order valence-electron chi connectivity index (χ4n) is 1.49. The highest BCUT2D eigenvalue weighted by Crippen LogP contribution is 2.27. The number of hydrogen-bond acceptors (Lipinski definition) is 6. The number of aromatic nitrogens is 1. The third-order valence-electron chi connectivity index (χ3n) is 2.43. The SMILES string of the molecule is O=C(Cc1csc(-c2cccs2)n1)NC(CO)CO. The summed E-state index contributed by atoms with van der Waals surface area (Å²) in [6.07, 6.45) is 0.151. The van der Waals surface area contributed by atoms with Crippen molar-refractivity contribution in [3.63, 3.8) is 0 Å². The molecule has 0 saturated heterocycles. The summed E-state index contributed by atoms with van der Waals surface area (Å²) in [4.78, 5) is 17.1. The first kappa shape index (κ1) is 14.1. The summed E-state index contributed by atoms with van der Waals surface area (Å²) in [6.45, 7) is -0.556. The summed E-state index contributed by atoms with van der Waals surface area (Å²) in [5.74, 6) is -0.254. The zero-order chi connectivity index (χ0) is 13.7. The Hall–Kier alpha value is -1.28. The molecular weight excluding hydrogens is 284 g/mol. The zero-order valence-corrected chi connectivity index (χ0v) is 11.7. The molecule has 0 aliphatic heterocycles. The van der Waals surface area contributed by atoms with Crippen LogP contribution in [-0.4, -0.2) is 40.4 Å². The summed E-state index contributed by atoms with van der Waals surface area (Å²) in [7, 11) is 0. The van der Waals surface area contributed by atoms with Gasteiger partial charge in [-0.05, 0) is 11.4 Å². The van der Waals surface area contributed by atoms with Gasteiger partial charge in [0.2, 0.25) is 5.91 Å². The number of rotatable bonds is 6. The molecule has 0 atom stereocenters. The third-order valence-corrected chi connectivity index (χ3v) is 4.36. The number of thiophene rings is 1. The van der Waals surface area contributed by atoms with Crippen LogP contribution in [0.3, 0.4) is 0 Å². The Balaban J connectivity index is 1.95. The largest absolute Gasteiger partial charge is 0.394 e. The number of nitrogens with zero attached hydrogens (tertiary/aromatic N) is 1. The van der Waals surface area contributed by atoms with Gasteiger partial charge in [-0.1, -0.05) is 6.07 Å². The Labute approximate surface area is 118 Å². The second-order valence-corrected chi connectivity index (χ2v) is 5.73. The fourth-order valence-corrected chi connectivity index (χ4v) is 3.13. The maximum Gasteiger partial charge on any atom is 0.226 e. The first-order valence-corrected chi connectivity index (χ1v) is 7.48. The first-order chi connectivity index (χ1) is 9.22. The van der Waals surface area contributed by atoms with Gasteiger partial charge >= 0.3 is 0 Å². The lowest BCUT2D eigenvalue weighted by atomic mass is 10.3. The van der Waals surface area contributed by atoms with E-state index < -0.39 is 6.04 Å². The molecule has 0 bridgehead atoms. The summed E-state index contributed by atoms with van der Waals surface area (Å²) in [6, 6.07) is 3.34. The lowest BCUT2D eigenvalue weighted by Crippen LogP contribution is -2.40. The Morgan fingerprint density at radius 2 is 2.16 bits per heavy atom. The average molecular weight is 298 g/mol. The Morgan fingerprint density at radius 1 is 1.37 bits per heavy atom. The van der Waals surface area contributed by atoms with Gasteiger partial charge in [-0.2, -0.15) is 0 Å². The van der Waals surface area contributed by atoms with Gasteiger partial charge in [0, 0.05) is 5.38 Å². The topological polar surface area (TPSA) is 82.5 Å². The highest BCUT2D eigenvalue weighted by Gasteiger charge is 2.13. The molecule has 0 spiro atoms. The van der Waals surface area contributed by atoms with Crippen LogP contribution < -0.4 is 5.32 Å². The molecule has 2 aromatic heterocycles. The minimum absolute atomic E-state index is 0.151. The normalized spacial score (nSPS) is 10.9. The van der Waals surface area contributed by atoms with Gasteiger partial charge < -0.3 is 15.5 Å². The number of hydrogen-bond donors (Lipinski definition) is 3. The number of aliphatic hydroxyl groups excluding tert-OH is 2. The van der Waals surface area contributed by atoms with Gasteiger partial charge in [0.25, 0.3) is 0 Å². The van der Waals surface area contributed by atoms with E-state index in [0.29, 0.717) is 5.69 Å². The van der Waals surface area contributed by atoms with Crippen LogP contribution in [0.2, 0.25) is 0 Å². The fraction of sp³-hybridized carbons (Fsp3) is 0.333. The molecule has 0 aliphatic rings. The van der Waals surface area contributed by atoms with Gasteiger partial charge in [-0.3, -0.25) is 4.79 Å². The van der Waals surface area contributed by atoms with Crippen LogP contribution in [0.15, 0.2) is 22.9 Å². The number of aliphatic hydroxyl groups is 2. The lowest BCUT2D eigenvalue weighted by molar-refractivity contribution is -0.121. The van der Waals surface area contributed by atoms with Crippen molar-refractivity contribution in [1.82, 2.24) is 10.3 Å². The first-order valence-electron chi connectivity index (χ1n) is 5.72. The molecule has 2 heterocycles. The van der Waals surface area contributed by atoms with Gasteiger partial charge in [-0.25, -0.2) is 4.98 Å². The van der Waals surface area contributed by atoms with Crippen LogP contribution in [0, 0.1) is 0 Å². The molecule has 7 heteroatoms. The number of carbonyl (C=O) groups is 1. The molecule has 102 valence electrons. The molecule has 2 aromatic rings. The molecule has 0 radical (unpaired) electrons. The predicted octanol–water partition coefficient (Wildman–Crippen LogP) is 0.883. The lowest BCUT2D eigenvalue weighted by Gasteiger charge is -2.12. The second kappa shape index (κ2) is 6.76. The van der Waals surface area contributed by atoms with Crippen LogP contribution in [0.5, 0.6) is 0 Å². The maximum absolute atomic E-state index is 11.7. The third kappa shape index (κ3) is 3.84. The van der Waals surface area contributed by atoms with Crippen molar-refractivity contribution in [1.29, 1.82) is 0 Å². The van der Waals surface area contributed by atoms with Crippen molar-refractivity contribution in [2.75, 3.05) is 13.2 Å². The minimum atomic E-state index is -0.608. The molecule has 3 N–H and O–H groups in total. The monoisotopic (exact) mass is 298 g/mol. The highest BCUT2D eigenvalue weighted by atomic mass is 32.1. The molecule has 0 aliphatic carbocycles. The molecule has 1 amide bonds. The quantitative estimate of drug-likeness (QED) is 0.739. The van der Waals surface area contributed by atoms with Crippen molar-refractivity contribution in [3.05, 3.63) is 28.6 Å². The molecule has 19 heavy (non-hydrogen) atoms. The standard InChI is InChI=1S/C12H14N2O3S2/c15-5-9(6-16)13-11(17)4-8-7-19-12(14-8)10-2-1-3-18-10/h1-3,7,9,15-16H,4-6H2,(H,13,17). The van der Waals surface area contributed by atoms with Crippen LogP contribution in [-0.2, 0) is 11.2 Å². The number of thiazole rings is 1. The smallest absolute Gasteiger partial charge is 0.226 e. The van der Waals surface area contributed by atoms with Gasteiger partial charge in [0.05, 0.1) is 36.2 Å². The maximum atomic E-state index is 11.7. The van der Waals surface area contributed by atoms with Gasteiger partial charge in [0.15, 0.2) is 0 Å². The highest BCUT2D eigenvalue weighted by molar-refractivity contribution is 7.20. The van der Waals surface area contributed by atoms with E-state index in [-0.39, 0.29) is 25.5 Å². The van der Waals surface area contributed by atoms with E-state index in [1.807, 2.05) is 22.9 Å². The van der Waals surface area contributed by atoms with E-state index in [1.54, 1.807) is 11.3 Å². The molecule has 2 rings (SSSR count). The van der Waals surface area contributed by atoms with E-state index in [9.17, 15) is 4.79 Å². The minimum Gasteiger partial charge on any atom is -0.394 e. The average Bonchev–Trinajstić information content (AvgIpc) is 3.06. The Morgan fingerprint density at radius 3 is 2.79 bits per heavy atom. The van der Waals surface area contributed by atoms with E-state index >= 15 is 0 Å². The van der Waals surface area contributed by atoms with Gasteiger partial charge in [-0.15, -0.1) is 22.7 Å².